The van der Waals surface area contributed by atoms with Gasteiger partial charge in [0.1, 0.15) is 0 Å². The van der Waals surface area contributed by atoms with Crippen LogP contribution in [0.1, 0.15) is 44.9 Å². The second-order valence-corrected chi connectivity index (χ2v) is 6.86. The molecule has 0 aromatic rings. The fourth-order valence-electron chi connectivity index (χ4n) is 4.74. The van der Waals surface area contributed by atoms with E-state index in [2.05, 4.69) is 12.6 Å². The minimum Gasteiger partial charge on any atom is -0.465 e. The van der Waals surface area contributed by atoms with Crippen LogP contribution in [-0.2, 0) is 9.53 Å². The zero-order valence-corrected chi connectivity index (χ0v) is 11.3. The van der Waals surface area contributed by atoms with Crippen LogP contribution in [0.25, 0.3) is 0 Å². The van der Waals surface area contributed by atoms with E-state index in [0.29, 0.717) is 6.61 Å². The van der Waals surface area contributed by atoms with Crippen molar-refractivity contribution in [3.8, 4) is 0 Å². The summed E-state index contributed by atoms with van der Waals surface area (Å²) in [5.41, 5.74) is -0.0780. The van der Waals surface area contributed by atoms with Gasteiger partial charge in [-0.05, 0) is 68.5 Å². The molecule has 0 amide bonds. The third-order valence-corrected chi connectivity index (χ3v) is 5.32. The number of ether oxygens (including phenoxy) is 1. The first-order chi connectivity index (χ1) is 8.22. The summed E-state index contributed by atoms with van der Waals surface area (Å²) in [5, 5.41) is 0. The normalized spacial score (nSPS) is 42.8. The lowest BCUT2D eigenvalue weighted by atomic mass is 9.49. The van der Waals surface area contributed by atoms with Gasteiger partial charge in [-0.3, -0.25) is 4.79 Å². The van der Waals surface area contributed by atoms with Gasteiger partial charge in [0.05, 0.1) is 12.0 Å². The third kappa shape index (κ3) is 2.11. The lowest BCUT2D eigenvalue weighted by molar-refractivity contribution is -0.171. The van der Waals surface area contributed by atoms with Crippen molar-refractivity contribution >= 4 is 18.6 Å². The van der Waals surface area contributed by atoms with Crippen LogP contribution in [0.15, 0.2) is 0 Å². The topological polar surface area (TPSA) is 26.3 Å². The van der Waals surface area contributed by atoms with E-state index >= 15 is 0 Å². The molecule has 0 heterocycles. The minimum atomic E-state index is -0.0780. The SMILES string of the molecule is O=C(OCCCS)C12CC3CC(CC(C3)C1)C2. The summed E-state index contributed by atoms with van der Waals surface area (Å²) in [4.78, 5) is 12.3. The van der Waals surface area contributed by atoms with Crippen molar-refractivity contribution in [3.05, 3.63) is 0 Å². The van der Waals surface area contributed by atoms with Crippen molar-refractivity contribution in [2.24, 2.45) is 23.2 Å². The van der Waals surface area contributed by atoms with E-state index in [0.717, 1.165) is 49.2 Å². The van der Waals surface area contributed by atoms with Crippen LogP contribution in [0.3, 0.4) is 0 Å². The van der Waals surface area contributed by atoms with Gasteiger partial charge < -0.3 is 4.74 Å². The fourth-order valence-corrected chi connectivity index (χ4v) is 4.87. The zero-order chi connectivity index (χ0) is 11.9. The largest absolute Gasteiger partial charge is 0.465 e. The van der Waals surface area contributed by atoms with Crippen LogP contribution in [0.5, 0.6) is 0 Å². The van der Waals surface area contributed by atoms with E-state index in [1.807, 2.05) is 0 Å². The number of thiol groups is 1. The van der Waals surface area contributed by atoms with Crippen LogP contribution < -0.4 is 0 Å². The molecule has 4 aliphatic carbocycles. The van der Waals surface area contributed by atoms with Crippen LogP contribution in [0, 0.1) is 23.2 Å². The second-order valence-electron chi connectivity index (χ2n) is 6.41. The molecule has 0 spiro atoms. The van der Waals surface area contributed by atoms with Crippen molar-refractivity contribution in [3.63, 3.8) is 0 Å². The monoisotopic (exact) mass is 254 g/mol. The Morgan fingerprint density at radius 3 is 2.12 bits per heavy atom. The summed E-state index contributed by atoms with van der Waals surface area (Å²) in [7, 11) is 0. The van der Waals surface area contributed by atoms with Crippen LogP contribution in [-0.4, -0.2) is 18.3 Å². The molecule has 3 heteroatoms. The molecule has 96 valence electrons. The Hall–Kier alpha value is -0.180. The van der Waals surface area contributed by atoms with Gasteiger partial charge in [0.25, 0.3) is 0 Å². The Morgan fingerprint density at radius 2 is 1.65 bits per heavy atom. The molecule has 4 bridgehead atoms. The quantitative estimate of drug-likeness (QED) is 0.474. The van der Waals surface area contributed by atoms with Crippen LogP contribution >= 0.6 is 12.6 Å². The third-order valence-electron chi connectivity index (χ3n) is 5.01. The maximum Gasteiger partial charge on any atom is 0.312 e. The molecular formula is C14H22O2S. The molecule has 0 radical (unpaired) electrons. The first kappa shape index (κ1) is 11.9. The highest BCUT2D eigenvalue weighted by molar-refractivity contribution is 7.80. The molecular weight excluding hydrogens is 232 g/mol. The van der Waals surface area contributed by atoms with Gasteiger partial charge in [-0.1, -0.05) is 0 Å². The van der Waals surface area contributed by atoms with Gasteiger partial charge in [-0.15, -0.1) is 0 Å². The molecule has 0 aliphatic heterocycles. The number of hydrogen-bond donors (Lipinski definition) is 1. The van der Waals surface area contributed by atoms with Crippen molar-refractivity contribution < 1.29 is 9.53 Å². The molecule has 0 N–H and O–H groups in total. The molecule has 17 heavy (non-hydrogen) atoms. The maximum absolute atomic E-state index is 12.3. The Labute approximate surface area is 109 Å². The van der Waals surface area contributed by atoms with E-state index in [1.165, 1.54) is 19.3 Å². The number of rotatable bonds is 4. The molecule has 4 saturated carbocycles. The first-order valence-corrected chi connectivity index (χ1v) is 7.63. The highest BCUT2D eigenvalue weighted by Crippen LogP contribution is 2.60. The minimum absolute atomic E-state index is 0.0780. The number of esters is 1. The predicted molar refractivity (Wildman–Crippen MR) is 70.0 cm³/mol. The smallest absolute Gasteiger partial charge is 0.312 e. The average molecular weight is 254 g/mol. The number of carbonyl (C=O) groups is 1. The van der Waals surface area contributed by atoms with E-state index < -0.39 is 0 Å². The van der Waals surface area contributed by atoms with Gasteiger partial charge in [-0.2, -0.15) is 12.6 Å². The summed E-state index contributed by atoms with van der Waals surface area (Å²) in [6, 6.07) is 0. The van der Waals surface area contributed by atoms with Gasteiger partial charge in [0.15, 0.2) is 0 Å². The van der Waals surface area contributed by atoms with E-state index in [1.54, 1.807) is 0 Å². The molecule has 4 aliphatic rings. The summed E-state index contributed by atoms with van der Waals surface area (Å²) in [6.45, 7) is 0.560. The van der Waals surface area contributed by atoms with Gasteiger partial charge >= 0.3 is 5.97 Å². The lowest BCUT2D eigenvalue weighted by Crippen LogP contribution is -2.50. The van der Waals surface area contributed by atoms with Crippen molar-refractivity contribution in [2.45, 2.75) is 44.9 Å². The number of carbonyl (C=O) groups excluding carboxylic acids is 1. The molecule has 4 fully saturated rings. The summed E-state index contributed by atoms with van der Waals surface area (Å²) in [6.07, 6.45) is 8.34. The first-order valence-electron chi connectivity index (χ1n) is 7.00. The van der Waals surface area contributed by atoms with Crippen molar-refractivity contribution in [1.82, 2.24) is 0 Å². The highest BCUT2D eigenvalue weighted by atomic mass is 32.1. The predicted octanol–water partition coefficient (Wildman–Crippen LogP) is 3.07. The Bertz CT molecular complexity index is 278. The molecule has 0 unspecified atom stereocenters. The van der Waals surface area contributed by atoms with Crippen molar-refractivity contribution in [2.75, 3.05) is 12.4 Å². The number of hydrogen-bond acceptors (Lipinski definition) is 3. The Balaban J connectivity index is 1.67. The molecule has 0 atom stereocenters. The molecule has 2 nitrogen and oxygen atoms in total. The molecule has 0 aromatic heterocycles. The summed E-state index contributed by atoms with van der Waals surface area (Å²) >= 11 is 4.15. The summed E-state index contributed by atoms with van der Waals surface area (Å²) in [5.74, 6) is 3.36. The second kappa shape index (κ2) is 4.49. The lowest BCUT2D eigenvalue weighted by Gasteiger charge is -2.55. The summed E-state index contributed by atoms with van der Waals surface area (Å²) < 4.78 is 5.48. The van der Waals surface area contributed by atoms with Gasteiger partial charge in [0.2, 0.25) is 0 Å². The highest BCUT2D eigenvalue weighted by Gasteiger charge is 2.55. The van der Waals surface area contributed by atoms with Crippen LogP contribution in [0.2, 0.25) is 0 Å². The Morgan fingerprint density at radius 1 is 1.12 bits per heavy atom. The zero-order valence-electron chi connectivity index (χ0n) is 10.4. The maximum atomic E-state index is 12.3. The van der Waals surface area contributed by atoms with E-state index in [-0.39, 0.29) is 11.4 Å². The average Bonchev–Trinajstić information content (AvgIpc) is 2.27. The van der Waals surface area contributed by atoms with Gasteiger partial charge in [-0.25, -0.2) is 0 Å². The standard InChI is InChI=1S/C14H22O2S/c15-13(16-2-1-3-17)14-7-10-4-11(8-14)6-12(5-10)9-14/h10-12,17H,1-9H2. The molecule has 4 rings (SSSR count). The van der Waals surface area contributed by atoms with Crippen LogP contribution in [0.4, 0.5) is 0 Å². The molecule has 0 saturated heterocycles. The van der Waals surface area contributed by atoms with E-state index in [9.17, 15) is 4.79 Å². The Kier molecular flexibility index (Phi) is 3.14. The van der Waals surface area contributed by atoms with Gasteiger partial charge in [0, 0.05) is 0 Å². The fraction of sp³-hybridized carbons (Fsp3) is 0.929. The van der Waals surface area contributed by atoms with E-state index in [4.69, 9.17) is 4.74 Å². The van der Waals surface area contributed by atoms with Crippen molar-refractivity contribution in [1.29, 1.82) is 0 Å². The molecule has 0 aromatic carbocycles.